The second-order valence-electron chi connectivity index (χ2n) is 5.90. The summed E-state index contributed by atoms with van der Waals surface area (Å²) < 4.78 is 20.3. The molecule has 0 saturated heterocycles. The number of carbonyl (C=O) groups excluding carboxylic acids is 1. The Balaban J connectivity index is 2.01. The SMILES string of the molecule is COC(=O)C1=C(C)Nc2nc3ccccc3n2[C@@H]1c1ccc(F)cc1. The zero-order chi connectivity index (χ0) is 17.6. The van der Waals surface area contributed by atoms with E-state index in [4.69, 9.17) is 4.74 Å². The number of anilines is 1. The Kier molecular flexibility index (Phi) is 3.53. The van der Waals surface area contributed by atoms with E-state index in [-0.39, 0.29) is 5.82 Å². The fourth-order valence-corrected chi connectivity index (χ4v) is 3.30. The summed E-state index contributed by atoms with van der Waals surface area (Å²) in [6.45, 7) is 1.81. The largest absolute Gasteiger partial charge is 0.466 e. The van der Waals surface area contributed by atoms with Gasteiger partial charge in [0.05, 0.1) is 29.8 Å². The van der Waals surface area contributed by atoms with E-state index in [0.29, 0.717) is 17.2 Å². The van der Waals surface area contributed by atoms with E-state index in [2.05, 4.69) is 10.3 Å². The Bertz CT molecular complexity index is 1010. The molecule has 0 amide bonds. The number of esters is 1. The van der Waals surface area contributed by atoms with Crippen LogP contribution in [-0.2, 0) is 9.53 Å². The molecule has 1 aliphatic heterocycles. The van der Waals surface area contributed by atoms with Crippen LogP contribution in [0.5, 0.6) is 0 Å². The molecular formula is C19H16FN3O2. The van der Waals surface area contributed by atoms with E-state index in [0.717, 1.165) is 16.6 Å². The van der Waals surface area contributed by atoms with Gasteiger partial charge in [-0.2, -0.15) is 0 Å². The molecule has 0 aliphatic carbocycles. The number of para-hydroxylation sites is 2. The zero-order valence-corrected chi connectivity index (χ0v) is 13.8. The van der Waals surface area contributed by atoms with Gasteiger partial charge >= 0.3 is 5.97 Å². The molecule has 0 unspecified atom stereocenters. The first-order valence-electron chi connectivity index (χ1n) is 7.88. The Morgan fingerprint density at radius 2 is 1.92 bits per heavy atom. The lowest BCUT2D eigenvalue weighted by Gasteiger charge is -2.30. The first-order valence-corrected chi connectivity index (χ1v) is 7.88. The number of carbonyl (C=O) groups is 1. The van der Waals surface area contributed by atoms with E-state index in [1.54, 1.807) is 12.1 Å². The molecule has 5 nitrogen and oxygen atoms in total. The predicted octanol–water partition coefficient (Wildman–Crippen LogP) is 3.64. The monoisotopic (exact) mass is 337 g/mol. The van der Waals surface area contributed by atoms with Crippen LogP contribution < -0.4 is 5.32 Å². The highest BCUT2D eigenvalue weighted by Gasteiger charge is 2.34. The molecule has 0 bridgehead atoms. The lowest BCUT2D eigenvalue weighted by molar-refractivity contribution is -0.136. The molecule has 1 aromatic heterocycles. The fourth-order valence-electron chi connectivity index (χ4n) is 3.30. The van der Waals surface area contributed by atoms with Crippen LogP contribution in [0.2, 0.25) is 0 Å². The topological polar surface area (TPSA) is 56.1 Å². The Morgan fingerprint density at radius 3 is 2.64 bits per heavy atom. The minimum Gasteiger partial charge on any atom is -0.466 e. The second-order valence-corrected chi connectivity index (χ2v) is 5.90. The third-order valence-corrected chi connectivity index (χ3v) is 4.42. The fraction of sp³-hybridized carbons (Fsp3) is 0.158. The van der Waals surface area contributed by atoms with Crippen LogP contribution in [0.3, 0.4) is 0 Å². The lowest BCUT2D eigenvalue weighted by Crippen LogP contribution is -2.28. The molecule has 0 saturated carbocycles. The Labute approximate surface area is 143 Å². The number of halogens is 1. The van der Waals surface area contributed by atoms with Crippen molar-refractivity contribution in [2.75, 3.05) is 12.4 Å². The van der Waals surface area contributed by atoms with E-state index in [1.165, 1.54) is 19.2 Å². The maximum Gasteiger partial charge on any atom is 0.337 e. The van der Waals surface area contributed by atoms with Crippen LogP contribution in [0, 0.1) is 5.82 Å². The molecule has 0 fully saturated rings. The van der Waals surface area contributed by atoms with Gasteiger partial charge in [-0.25, -0.2) is 14.2 Å². The van der Waals surface area contributed by atoms with Crippen molar-refractivity contribution in [3.63, 3.8) is 0 Å². The Hall–Kier alpha value is -3.15. The van der Waals surface area contributed by atoms with E-state index < -0.39 is 12.0 Å². The van der Waals surface area contributed by atoms with Crippen molar-refractivity contribution < 1.29 is 13.9 Å². The highest BCUT2D eigenvalue weighted by atomic mass is 19.1. The van der Waals surface area contributed by atoms with Crippen molar-refractivity contribution in [3.05, 3.63) is 71.2 Å². The number of fused-ring (bicyclic) bond motifs is 3. The van der Waals surface area contributed by atoms with Crippen LogP contribution in [-0.4, -0.2) is 22.6 Å². The molecule has 0 spiro atoms. The number of nitrogens with one attached hydrogen (secondary N) is 1. The minimum absolute atomic E-state index is 0.325. The van der Waals surface area contributed by atoms with Crippen LogP contribution in [0.1, 0.15) is 18.5 Å². The average molecular weight is 337 g/mol. The summed E-state index contributed by atoms with van der Waals surface area (Å²) in [7, 11) is 1.35. The van der Waals surface area contributed by atoms with Gasteiger partial charge in [0.25, 0.3) is 0 Å². The molecule has 1 atom stereocenters. The van der Waals surface area contributed by atoms with Crippen molar-refractivity contribution in [3.8, 4) is 0 Å². The summed E-state index contributed by atoms with van der Waals surface area (Å²) in [5.74, 6) is -0.114. The first kappa shape index (κ1) is 15.4. The third-order valence-electron chi connectivity index (χ3n) is 4.42. The van der Waals surface area contributed by atoms with Crippen molar-refractivity contribution in [1.29, 1.82) is 0 Å². The van der Waals surface area contributed by atoms with Crippen LogP contribution in [0.15, 0.2) is 59.8 Å². The number of methoxy groups -OCH3 is 1. The van der Waals surface area contributed by atoms with Gasteiger partial charge < -0.3 is 10.1 Å². The molecule has 2 aromatic carbocycles. The number of hydrogen-bond acceptors (Lipinski definition) is 4. The summed E-state index contributed by atoms with van der Waals surface area (Å²) in [5.41, 5.74) is 3.63. The van der Waals surface area contributed by atoms with Gasteiger partial charge in [0.2, 0.25) is 5.95 Å². The van der Waals surface area contributed by atoms with E-state index in [9.17, 15) is 9.18 Å². The van der Waals surface area contributed by atoms with Gasteiger partial charge in [0.1, 0.15) is 5.82 Å². The van der Waals surface area contributed by atoms with Gasteiger partial charge in [-0.1, -0.05) is 24.3 Å². The van der Waals surface area contributed by atoms with Gasteiger partial charge in [-0.05, 0) is 36.8 Å². The molecule has 0 radical (unpaired) electrons. The molecule has 1 aliphatic rings. The summed E-state index contributed by atoms with van der Waals surface area (Å²) in [6.07, 6.45) is 0. The smallest absolute Gasteiger partial charge is 0.337 e. The van der Waals surface area contributed by atoms with Crippen molar-refractivity contribution in [2.45, 2.75) is 13.0 Å². The van der Waals surface area contributed by atoms with E-state index in [1.807, 2.05) is 35.8 Å². The molecule has 2 heterocycles. The molecular weight excluding hydrogens is 321 g/mol. The minimum atomic E-state index is -0.448. The molecule has 6 heteroatoms. The third kappa shape index (κ3) is 2.38. The lowest BCUT2D eigenvalue weighted by atomic mass is 9.95. The van der Waals surface area contributed by atoms with Crippen molar-refractivity contribution in [1.82, 2.24) is 9.55 Å². The van der Waals surface area contributed by atoms with Gasteiger partial charge in [-0.15, -0.1) is 0 Å². The molecule has 1 N–H and O–H groups in total. The number of ether oxygens (including phenoxy) is 1. The molecule has 4 rings (SSSR count). The molecule has 3 aromatic rings. The van der Waals surface area contributed by atoms with Crippen LogP contribution in [0.25, 0.3) is 11.0 Å². The number of rotatable bonds is 2. The maximum absolute atomic E-state index is 13.4. The normalized spacial score (nSPS) is 16.5. The predicted molar refractivity (Wildman–Crippen MR) is 92.6 cm³/mol. The zero-order valence-electron chi connectivity index (χ0n) is 13.8. The van der Waals surface area contributed by atoms with Crippen molar-refractivity contribution in [2.24, 2.45) is 0 Å². The molecule has 126 valence electrons. The maximum atomic E-state index is 13.4. The molecule has 25 heavy (non-hydrogen) atoms. The van der Waals surface area contributed by atoms with E-state index >= 15 is 0 Å². The number of imidazole rings is 1. The van der Waals surface area contributed by atoms with Crippen LogP contribution >= 0.6 is 0 Å². The summed E-state index contributed by atoms with van der Waals surface area (Å²) in [5, 5.41) is 3.18. The number of allylic oxidation sites excluding steroid dienone is 1. The highest BCUT2D eigenvalue weighted by molar-refractivity contribution is 5.94. The van der Waals surface area contributed by atoms with Gasteiger partial charge in [0, 0.05) is 5.70 Å². The Morgan fingerprint density at radius 1 is 1.20 bits per heavy atom. The summed E-state index contributed by atoms with van der Waals surface area (Å²) in [6, 6.07) is 13.4. The summed E-state index contributed by atoms with van der Waals surface area (Å²) in [4.78, 5) is 17.1. The number of aromatic nitrogens is 2. The number of benzene rings is 2. The number of hydrogen-bond donors (Lipinski definition) is 1. The average Bonchev–Trinajstić information content (AvgIpc) is 2.98. The number of nitrogens with zero attached hydrogens (tertiary/aromatic N) is 2. The quantitative estimate of drug-likeness (QED) is 0.726. The van der Waals surface area contributed by atoms with Crippen molar-refractivity contribution >= 4 is 23.0 Å². The first-order chi connectivity index (χ1) is 12.1. The van der Waals surface area contributed by atoms with Gasteiger partial charge in [0.15, 0.2) is 0 Å². The standard InChI is InChI=1S/C19H16FN3O2/c1-11-16(18(24)25-2)17(12-7-9-13(20)10-8-12)23-15-6-4-3-5-14(15)22-19(23)21-11/h3-10,17H,1-2H3,(H,21,22)/t17-/m1/s1. The highest BCUT2D eigenvalue weighted by Crippen LogP contribution is 2.39. The summed E-state index contributed by atoms with van der Waals surface area (Å²) >= 11 is 0. The van der Waals surface area contributed by atoms with Gasteiger partial charge in [-0.3, -0.25) is 4.57 Å². The second kappa shape index (κ2) is 5.73. The van der Waals surface area contributed by atoms with Crippen LogP contribution in [0.4, 0.5) is 10.3 Å².